The third-order valence-electron chi connectivity index (χ3n) is 3.62. The van der Waals surface area contributed by atoms with E-state index in [1.54, 1.807) is 4.90 Å². The number of nitrogens with zero attached hydrogens (tertiary/aromatic N) is 1. The highest BCUT2D eigenvalue weighted by Crippen LogP contribution is 2.18. The number of piperidine rings is 1. The monoisotopic (exact) mass is 225 g/mol. The molecule has 0 bridgehead atoms. The molecule has 0 aromatic rings. The molecular weight excluding hydrogens is 206 g/mol. The molecule has 2 rings (SSSR count). The molecule has 2 heterocycles. The lowest BCUT2D eigenvalue weighted by Crippen LogP contribution is -2.53. The Kier molecular flexibility index (Phi) is 3.14. The normalized spacial score (nSPS) is 35.0. The van der Waals surface area contributed by atoms with E-state index in [4.69, 9.17) is 5.73 Å². The van der Waals surface area contributed by atoms with Gasteiger partial charge in [-0.1, -0.05) is 6.92 Å². The Labute approximate surface area is 95.3 Å². The molecule has 0 aromatic heterocycles. The van der Waals surface area contributed by atoms with Crippen molar-refractivity contribution in [1.82, 2.24) is 10.2 Å². The number of nitrogens with two attached hydrogens (primary N) is 1. The van der Waals surface area contributed by atoms with Crippen LogP contribution in [0.4, 0.5) is 0 Å². The largest absolute Gasteiger partial charge is 0.344 e. The lowest BCUT2D eigenvalue weighted by molar-refractivity contribution is -0.135. The Morgan fingerprint density at radius 2 is 2.25 bits per heavy atom. The second-order valence-electron chi connectivity index (χ2n) is 4.87. The van der Waals surface area contributed by atoms with Crippen LogP contribution in [0.1, 0.15) is 26.2 Å². The van der Waals surface area contributed by atoms with E-state index >= 15 is 0 Å². The molecule has 0 radical (unpaired) electrons. The van der Waals surface area contributed by atoms with Crippen molar-refractivity contribution in [3.63, 3.8) is 0 Å². The molecule has 16 heavy (non-hydrogen) atoms. The Morgan fingerprint density at radius 1 is 1.50 bits per heavy atom. The second kappa shape index (κ2) is 4.41. The Morgan fingerprint density at radius 3 is 2.81 bits per heavy atom. The van der Waals surface area contributed by atoms with Crippen molar-refractivity contribution < 1.29 is 9.59 Å². The standard InChI is InChI=1S/C11H19N3O2/c1-7-4-5-14(6-8(7)12)11(16)9-2-3-10(15)13-9/h7-9H,2-6,12H2,1H3,(H,13,15). The van der Waals surface area contributed by atoms with Crippen LogP contribution >= 0.6 is 0 Å². The van der Waals surface area contributed by atoms with E-state index in [2.05, 4.69) is 12.2 Å². The summed E-state index contributed by atoms with van der Waals surface area (Å²) in [5.74, 6) is 0.489. The van der Waals surface area contributed by atoms with Crippen molar-refractivity contribution in [2.75, 3.05) is 13.1 Å². The Bertz CT molecular complexity index is 306. The minimum atomic E-state index is -0.312. The molecule has 5 heteroatoms. The van der Waals surface area contributed by atoms with Gasteiger partial charge in [-0.05, 0) is 18.8 Å². The van der Waals surface area contributed by atoms with Crippen LogP contribution in [0.25, 0.3) is 0 Å². The highest BCUT2D eigenvalue weighted by molar-refractivity contribution is 5.90. The number of carbonyl (C=O) groups excluding carboxylic acids is 2. The molecule has 3 N–H and O–H groups in total. The van der Waals surface area contributed by atoms with Gasteiger partial charge in [-0.3, -0.25) is 9.59 Å². The zero-order valence-corrected chi connectivity index (χ0v) is 9.61. The van der Waals surface area contributed by atoms with Crippen molar-refractivity contribution >= 4 is 11.8 Å². The van der Waals surface area contributed by atoms with E-state index in [9.17, 15) is 9.59 Å². The molecule has 5 nitrogen and oxygen atoms in total. The molecule has 2 amide bonds. The Hall–Kier alpha value is -1.10. The van der Waals surface area contributed by atoms with E-state index in [0.29, 0.717) is 25.3 Å². The summed E-state index contributed by atoms with van der Waals surface area (Å²) in [6.07, 6.45) is 2.04. The van der Waals surface area contributed by atoms with Gasteiger partial charge in [-0.15, -0.1) is 0 Å². The predicted octanol–water partition coefficient (Wildman–Crippen LogP) is -0.539. The molecule has 3 unspecified atom stereocenters. The van der Waals surface area contributed by atoms with Gasteiger partial charge >= 0.3 is 0 Å². The number of rotatable bonds is 1. The highest BCUT2D eigenvalue weighted by atomic mass is 16.2. The fourth-order valence-corrected chi connectivity index (χ4v) is 2.32. The van der Waals surface area contributed by atoms with Gasteiger partial charge < -0.3 is 16.0 Å². The fourth-order valence-electron chi connectivity index (χ4n) is 2.32. The van der Waals surface area contributed by atoms with Gasteiger partial charge in [0.25, 0.3) is 0 Å². The minimum Gasteiger partial charge on any atom is -0.344 e. The predicted molar refractivity (Wildman–Crippen MR) is 59.5 cm³/mol. The van der Waals surface area contributed by atoms with Gasteiger partial charge in [0.15, 0.2) is 0 Å². The topological polar surface area (TPSA) is 75.4 Å². The molecule has 2 saturated heterocycles. The summed E-state index contributed by atoms with van der Waals surface area (Å²) in [6.45, 7) is 3.50. The molecule has 2 aliphatic rings. The maximum atomic E-state index is 12.1. The van der Waals surface area contributed by atoms with Crippen LogP contribution in [-0.2, 0) is 9.59 Å². The van der Waals surface area contributed by atoms with Gasteiger partial charge in [0.05, 0.1) is 0 Å². The zero-order chi connectivity index (χ0) is 11.7. The summed E-state index contributed by atoms with van der Waals surface area (Å²) in [4.78, 5) is 24.9. The van der Waals surface area contributed by atoms with Crippen LogP contribution in [0, 0.1) is 5.92 Å². The summed E-state index contributed by atoms with van der Waals surface area (Å²) in [6, 6.07) is -0.247. The maximum Gasteiger partial charge on any atom is 0.245 e. The summed E-state index contributed by atoms with van der Waals surface area (Å²) < 4.78 is 0. The number of hydrogen-bond donors (Lipinski definition) is 2. The van der Waals surface area contributed by atoms with E-state index in [1.807, 2.05) is 0 Å². The quantitative estimate of drug-likeness (QED) is 0.629. The molecule has 0 saturated carbocycles. The molecule has 0 aromatic carbocycles. The second-order valence-corrected chi connectivity index (χ2v) is 4.87. The first-order valence-electron chi connectivity index (χ1n) is 5.91. The van der Waals surface area contributed by atoms with E-state index in [-0.39, 0.29) is 23.9 Å². The number of hydrogen-bond acceptors (Lipinski definition) is 3. The molecule has 90 valence electrons. The maximum absolute atomic E-state index is 12.1. The lowest BCUT2D eigenvalue weighted by atomic mass is 9.94. The summed E-state index contributed by atoms with van der Waals surface area (Å²) >= 11 is 0. The van der Waals surface area contributed by atoms with Gasteiger partial charge in [0.2, 0.25) is 11.8 Å². The average molecular weight is 225 g/mol. The van der Waals surface area contributed by atoms with Crippen LogP contribution in [0.15, 0.2) is 0 Å². The van der Waals surface area contributed by atoms with Crippen LogP contribution in [0.3, 0.4) is 0 Å². The first kappa shape index (κ1) is 11.4. The van der Waals surface area contributed by atoms with Crippen LogP contribution in [0.5, 0.6) is 0 Å². The zero-order valence-electron chi connectivity index (χ0n) is 9.61. The fraction of sp³-hybridized carbons (Fsp3) is 0.818. The number of likely N-dealkylation sites (tertiary alicyclic amines) is 1. The molecule has 0 aliphatic carbocycles. The Balaban J connectivity index is 1.92. The lowest BCUT2D eigenvalue weighted by Gasteiger charge is -2.36. The average Bonchev–Trinajstić information content (AvgIpc) is 2.68. The van der Waals surface area contributed by atoms with Gasteiger partial charge in [-0.2, -0.15) is 0 Å². The highest BCUT2D eigenvalue weighted by Gasteiger charge is 2.33. The molecular formula is C11H19N3O2. The summed E-state index contributed by atoms with van der Waals surface area (Å²) in [5, 5.41) is 2.71. The molecule has 3 atom stereocenters. The number of nitrogens with one attached hydrogen (secondary N) is 1. The first-order chi connectivity index (χ1) is 7.58. The number of amides is 2. The van der Waals surface area contributed by atoms with Gasteiger partial charge in [-0.25, -0.2) is 0 Å². The molecule has 2 fully saturated rings. The van der Waals surface area contributed by atoms with Crippen molar-refractivity contribution in [1.29, 1.82) is 0 Å². The van der Waals surface area contributed by atoms with Crippen LogP contribution in [-0.4, -0.2) is 41.9 Å². The third-order valence-corrected chi connectivity index (χ3v) is 3.62. The van der Waals surface area contributed by atoms with Crippen molar-refractivity contribution in [2.24, 2.45) is 11.7 Å². The van der Waals surface area contributed by atoms with Crippen molar-refractivity contribution in [2.45, 2.75) is 38.3 Å². The van der Waals surface area contributed by atoms with Crippen molar-refractivity contribution in [3.8, 4) is 0 Å². The first-order valence-corrected chi connectivity index (χ1v) is 5.91. The summed E-state index contributed by atoms with van der Waals surface area (Å²) in [7, 11) is 0. The van der Waals surface area contributed by atoms with Gasteiger partial charge in [0.1, 0.15) is 6.04 Å². The third kappa shape index (κ3) is 2.19. The van der Waals surface area contributed by atoms with Crippen LogP contribution < -0.4 is 11.1 Å². The van der Waals surface area contributed by atoms with Crippen molar-refractivity contribution in [3.05, 3.63) is 0 Å². The SMILES string of the molecule is CC1CCN(C(=O)C2CCC(=O)N2)CC1N. The molecule has 2 aliphatic heterocycles. The minimum absolute atomic E-state index is 0.0203. The number of carbonyl (C=O) groups is 2. The van der Waals surface area contributed by atoms with Gasteiger partial charge in [0, 0.05) is 25.6 Å². The van der Waals surface area contributed by atoms with E-state index in [1.165, 1.54) is 0 Å². The molecule has 0 spiro atoms. The summed E-state index contributed by atoms with van der Waals surface area (Å²) in [5.41, 5.74) is 5.95. The van der Waals surface area contributed by atoms with E-state index < -0.39 is 0 Å². The van der Waals surface area contributed by atoms with Crippen LogP contribution in [0.2, 0.25) is 0 Å². The van der Waals surface area contributed by atoms with E-state index in [0.717, 1.165) is 13.0 Å². The smallest absolute Gasteiger partial charge is 0.245 e.